The fraction of sp³-hybridized carbons (Fsp3) is 0.516. The maximum atomic E-state index is 12.4. The maximum absolute atomic E-state index is 12.4. The van der Waals surface area contributed by atoms with E-state index < -0.39 is 9.73 Å². The van der Waals surface area contributed by atoms with Crippen molar-refractivity contribution in [2.45, 2.75) is 44.2 Å². The van der Waals surface area contributed by atoms with Gasteiger partial charge in [-0.3, -0.25) is 0 Å². The van der Waals surface area contributed by atoms with Crippen LogP contribution in [0.15, 0.2) is 53.0 Å². The van der Waals surface area contributed by atoms with Crippen molar-refractivity contribution in [3.63, 3.8) is 0 Å². The van der Waals surface area contributed by atoms with E-state index in [-0.39, 0.29) is 17.1 Å². The fourth-order valence-corrected chi connectivity index (χ4v) is 7.76. The Kier molecular flexibility index (Phi) is 6.14. The lowest BCUT2D eigenvalue weighted by Crippen LogP contribution is -2.71. The first-order valence-corrected chi connectivity index (χ1v) is 16.9. The Morgan fingerprint density at radius 2 is 1.76 bits per heavy atom. The number of nitrogens with zero attached hydrogens (tertiary/aromatic N) is 7. The molecule has 0 amide bonds. The molecule has 0 aliphatic carbocycles. The third-order valence-electron chi connectivity index (χ3n) is 9.14. The summed E-state index contributed by atoms with van der Waals surface area (Å²) in [6.07, 6.45) is 5.96. The van der Waals surface area contributed by atoms with Crippen LogP contribution in [0.1, 0.15) is 32.8 Å². The number of hydrogen-bond donors (Lipinski definition) is 1. The second kappa shape index (κ2) is 9.36. The Morgan fingerprint density at radius 1 is 1.02 bits per heavy atom. The van der Waals surface area contributed by atoms with E-state index in [0.717, 1.165) is 42.4 Å². The number of benzene rings is 1. The Hall–Kier alpha value is -3.28. The lowest BCUT2D eigenvalue weighted by atomic mass is 9.73. The van der Waals surface area contributed by atoms with E-state index in [1.54, 1.807) is 18.6 Å². The van der Waals surface area contributed by atoms with E-state index in [9.17, 15) is 4.21 Å². The second-order valence-electron chi connectivity index (χ2n) is 13.8. The summed E-state index contributed by atoms with van der Waals surface area (Å²) in [6, 6.07) is 14.3. The number of likely N-dealkylation sites (tertiary alicyclic amines) is 1. The van der Waals surface area contributed by atoms with Gasteiger partial charge in [0.25, 0.3) is 0 Å². The van der Waals surface area contributed by atoms with Gasteiger partial charge in [-0.05, 0) is 63.7 Å². The van der Waals surface area contributed by atoms with Crippen LogP contribution >= 0.6 is 0 Å². The highest BCUT2D eigenvalue weighted by molar-refractivity contribution is 7.92. The van der Waals surface area contributed by atoms with Crippen LogP contribution in [0.2, 0.25) is 0 Å². The van der Waals surface area contributed by atoms with Crippen LogP contribution in [-0.4, -0.2) is 88.0 Å². The summed E-state index contributed by atoms with van der Waals surface area (Å²) in [5, 5.41) is 3.42. The van der Waals surface area contributed by atoms with Crippen molar-refractivity contribution < 1.29 is 8.95 Å². The van der Waals surface area contributed by atoms with Crippen molar-refractivity contribution in [1.82, 2.24) is 19.9 Å². The van der Waals surface area contributed by atoms with Gasteiger partial charge in [0.1, 0.15) is 11.6 Å². The Morgan fingerprint density at radius 3 is 2.45 bits per heavy atom. The zero-order chi connectivity index (χ0) is 29.5. The molecule has 2 aromatic heterocycles. The maximum Gasteiger partial charge on any atom is 0.229 e. The number of anilines is 5. The number of pyridine rings is 1. The topological polar surface area (TPSA) is 99.1 Å². The molecule has 6 heterocycles. The van der Waals surface area contributed by atoms with Gasteiger partial charge in [-0.2, -0.15) is 9.35 Å². The van der Waals surface area contributed by atoms with Gasteiger partial charge in [0.05, 0.1) is 18.2 Å². The molecule has 0 bridgehead atoms. The van der Waals surface area contributed by atoms with Crippen LogP contribution < -0.4 is 15.1 Å². The van der Waals surface area contributed by atoms with Crippen LogP contribution in [0.3, 0.4) is 0 Å². The second-order valence-corrected chi connectivity index (χ2v) is 16.4. The number of rotatable bonds is 5. The summed E-state index contributed by atoms with van der Waals surface area (Å²) in [6.45, 7) is 11.7. The van der Waals surface area contributed by atoms with Crippen molar-refractivity contribution in [3.05, 3.63) is 54.2 Å². The average molecular weight is 589 g/mol. The van der Waals surface area contributed by atoms with Gasteiger partial charge in [0.2, 0.25) is 5.95 Å². The lowest BCUT2D eigenvalue weighted by Gasteiger charge is -2.60. The molecule has 1 N–H and O–H groups in total. The first kappa shape index (κ1) is 27.5. The molecule has 1 aromatic carbocycles. The Balaban J connectivity index is 1.19. The summed E-state index contributed by atoms with van der Waals surface area (Å²) < 4.78 is 23.1. The van der Waals surface area contributed by atoms with Crippen molar-refractivity contribution in [1.29, 1.82) is 0 Å². The van der Waals surface area contributed by atoms with Crippen LogP contribution in [0.25, 0.3) is 0 Å². The zero-order valence-electron chi connectivity index (χ0n) is 25.3. The SMILES string of the molecule is CN1CC2(C1)CN(c1ccc(Nc3ncc4c(n3)N(c3cccc(N=S(C)(C)=O)n3)[C@@H]3CC(C)(C)OC[C@]43C)cc1)C2. The van der Waals surface area contributed by atoms with E-state index in [1.165, 1.54) is 18.8 Å². The Labute approximate surface area is 248 Å². The van der Waals surface area contributed by atoms with Crippen molar-refractivity contribution in [2.24, 2.45) is 9.78 Å². The van der Waals surface area contributed by atoms with Gasteiger partial charge in [-0.15, -0.1) is 0 Å². The minimum Gasteiger partial charge on any atom is -0.374 e. The molecule has 3 saturated heterocycles. The summed E-state index contributed by atoms with van der Waals surface area (Å²) in [4.78, 5) is 21.7. The standard InChI is InChI=1S/C31H40N8O2S/c1-29(2)14-24-30(3,20-41-29)23-15-32-28(35-27(23)39(24)26-9-7-8-25(34-26)36-42(5,6)40)33-21-10-12-22(13-11-21)38-18-31(19-38)16-37(4)17-31/h7-13,15,24H,14,16-20H2,1-6H3,(H,32,33,35)/t24-,30-/m1/s1. The molecule has 3 aromatic rings. The van der Waals surface area contributed by atoms with Crippen molar-refractivity contribution >= 4 is 44.5 Å². The van der Waals surface area contributed by atoms with Crippen LogP contribution in [0.4, 0.5) is 34.8 Å². The molecule has 4 aliphatic heterocycles. The monoisotopic (exact) mass is 588 g/mol. The predicted molar refractivity (Wildman–Crippen MR) is 168 cm³/mol. The molecule has 10 nitrogen and oxygen atoms in total. The summed E-state index contributed by atoms with van der Waals surface area (Å²) >= 11 is 0. The minimum absolute atomic E-state index is 0.0608. The highest BCUT2D eigenvalue weighted by Gasteiger charge is 2.55. The van der Waals surface area contributed by atoms with Crippen molar-refractivity contribution in [2.75, 3.05) is 67.5 Å². The normalized spacial score (nSPS) is 25.8. The molecule has 11 heteroatoms. The van der Waals surface area contributed by atoms with E-state index in [0.29, 0.717) is 23.8 Å². The molecule has 2 atom stereocenters. The van der Waals surface area contributed by atoms with Gasteiger partial charge in [-0.1, -0.05) is 13.0 Å². The third-order valence-corrected chi connectivity index (χ3v) is 9.77. The molecule has 1 spiro atoms. The fourth-order valence-electron chi connectivity index (χ4n) is 7.21. The molecular weight excluding hydrogens is 548 g/mol. The van der Waals surface area contributed by atoms with Gasteiger partial charge < -0.3 is 24.8 Å². The predicted octanol–water partition coefficient (Wildman–Crippen LogP) is 4.70. The van der Waals surface area contributed by atoms with Gasteiger partial charge in [0.15, 0.2) is 5.82 Å². The van der Waals surface area contributed by atoms with Gasteiger partial charge in [-0.25, -0.2) is 14.2 Å². The lowest BCUT2D eigenvalue weighted by molar-refractivity contribution is -0.0893. The first-order chi connectivity index (χ1) is 19.8. The molecule has 0 radical (unpaired) electrons. The molecule has 3 fully saturated rings. The largest absolute Gasteiger partial charge is 0.374 e. The van der Waals surface area contributed by atoms with Crippen LogP contribution in [0.5, 0.6) is 0 Å². The number of aromatic nitrogens is 3. The molecule has 222 valence electrons. The molecule has 42 heavy (non-hydrogen) atoms. The first-order valence-electron chi connectivity index (χ1n) is 14.6. The number of ether oxygens (including phenoxy) is 1. The molecule has 0 saturated carbocycles. The number of fused-ring (bicyclic) bond motifs is 3. The van der Waals surface area contributed by atoms with Gasteiger partial charge >= 0.3 is 0 Å². The van der Waals surface area contributed by atoms with E-state index in [2.05, 4.69) is 76.5 Å². The van der Waals surface area contributed by atoms with E-state index in [4.69, 9.17) is 19.7 Å². The highest BCUT2D eigenvalue weighted by atomic mass is 32.2. The van der Waals surface area contributed by atoms with Crippen molar-refractivity contribution in [3.8, 4) is 0 Å². The highest BCUT2D eigenvalue weighted by Crippen LogP contribution is 2.53. The molecule has 4 aliphatic rings. The molecular formula is C31H40N8O2S. The third kappa shape index (κ3) is 4.81. The van der Waals surface area contributed by atoms with E-state index >= 15 is 0 Å². The number of hydrogen-bond acceptors (Lipinski definition) is 10. The Bertz CT molecular complexity index is 1650. The summed E-state index contributed by atoms with van der Waals surface area (Å²) in [5.74, 6) is 2.52. The quantitative estimate of drug-likeness (QED) is 0.455. The smallest absolute Gasteiger partial charge is 0.229 e. The number of nitrogens with one attached hydrogen (secondary N) is 1. The minimum atomic E-state index is -2.35. The van der Waals surface area contributed by atoms with E-state index in [1.807, 2.05) is 18.3 Å². The zero-order valence-corrected chi connectivity index (χ0v) is 26.1. The summed E-state index contributed by atoms with van der Waals surface area (Å²) in [7, 11) is -0.161. The average Bonchev–Trinajstić information content (AvgIpc) is 3.12. The van der Waals surface area contributed by atoms with Crippen LogP contribution in [-0.2, 0) is 19.9 Å². The molecule has 0 unspecified atom stereocenters. The molecule has 7 rings (SSSR count). The van der Waals surface area contributed by atoms with Gasteiger partial charge in [0, 0.05) is 82.4 Å². The summed E-state index contributed by atoms with van der Waals surface area (Å²) in [5.41, 5.74) is 3.12. The van der Waals surface area contributed by atoms with Crippen LogP contribution in [0, 0.1) is 5.41 Å².